The van der Waals surface area contributed by atoms with Crippen LogP contribution in [-0.4, -0.2) is 17.8 Å². The van der Waals surface area contributed by atoms with Crippen LogP contribution in [0.5, 0.6) is 0 Å². The second-order valence-corrected chi connectivity index (χ2v) is 7.21. The minimum Gasteiger partial charge on any atom is -0.321 e. The van der Waals surface area contributed by atoms with E-state index in [4.69, 9.17) is 0 Å². The van der Waals surface area contributed by atoms with E-state index in [0.717, 1.165) is 23.8 Å². The Labute approximate surface area is 130 Å². The van der Waals surface area contributed by atoms with Crippen molar-refractivity contribution in [1.82, 2.24) is 0 Å². The Kier molecular flexibility index (Phi) is 4.66. The molecule has 1 N–H and O–H groups in total. The van der Waals surface area contributed by atoms with Gasteiger partial charge in [0, 0.05) is 18.2 Å². The lowest BCUT2D eigenvalue weighted by Crippen LogP contribution is -2.19. The molecule has 0 fully saturated rings. The molecule has 0 bridgehead atoms. The topological polar surface area (TPSA) is 63.6 Å². The van der Waals surface area contributed by atoms with Crippen LogP contribution in [0.3, 0.4) is 0 Å². The molecule has 1 atom stereocenters. The molecule has 2 aromatic rings. The minimum atomic E-state index is -4.00. The quantitative estimate of drug-likeness (QED) is 0.694. The molecule has 2 rings (SSSR count). The first kappa shape index (κ1) is 16.6. The maximum atomic E-state index is 12.9. The van der Waals surface area contributed by atoms with Crippen LogP contribution < -0.4 is 5.30 Å². The van der Waals surface area contributed by atoms with Gasteiger partial charge in [0.15, 0.2) is 5.78 Å². The van der Waals surface area contributed by atoms with Crippen LogP contribution in [0.25, 0.3) is 0 Å². The molecule has 0 heterocycles. The van der Waals surface area contributed by atoms with E-state index < -0.39 is 7.60 Å². The lowest BCUT2D eigenvalue weighted by Gasteiger charge is -2.15. The SMILES string of the molecule is COP(=O)(O)c1ccccc1C(=O)c1c(C)cc(C)cc1C. The number of hydrogen-bond donors (Lipinski definition) is 1. The lowest BCUT2D eigenvalue weighted by molar-refractivity contribution is 0.103. The monoisotopic (exact) mass is 318 g/mol. The molecule has 0 saturated heterocycles. The van der Waals surface area contributed by atoms with E-state index in [1.165, 1.54) is 6.07 Å². The molecule has 5 heteroatoms. The van der Waals surface area contributed by atoms with Crippen LogP contribution in [-0.2, 0) is 9.09 Å². The molecule has 0 aliphatic heterocycles. The molecular formula is C17H19O4P. The largest absolute Gasteiger partial charge is 0.359 e. The number of benzene rings is 2. The lowest BCUT2D eigenvalue weighted by atomic mass is 9.93. The van der Waals surface area contributed by atoms with Gasteiger partial charge < -0.3 is 9.42 Å². The summed E-state index contributed by atoms with van der Waals surface area (Å²) in [5.41, 5.74) is 3.54. The van der Waals surface area contributed by atoms with Crippen molar-refractivity contribution in [3.63, 3.8) is 0 Å². The first-order valence-electron chi connectivity index (χ1n) is 6.88. The summed E-state index contributed by atoms with van der Waals surface area (Å²) in [7, 11) is -2.84. The van der Waals surface area contributed by atoms with E-state index in [2.05, 4.69) is 4.52 Å². The Balaban J connectivity index is 2.64. The van der Waals surface area contributed by atoms with Gasteiger partial charge in [0.2, 0.25) is 0 Å². The van der Waals surface area contributed by atoms with Crippen molar-refractivity contribution in [3.05, 3.63) is 64.2 Å². The number of rotatable bonds is 4. The van der Waals surface area contributed by atoms with Crippen molar-refractivity contribution < 1.29 is 18.8 Å². The Hall–Kier alpha value is -1.74. The van der Waals surface area contributed by atoms with Crippen molar-refractivity contribution in [2.24, 2.45) is 0 Å². The first-order chi connectivity index (χ1) is 10.3. The van der Waals surface area contributed by atoms with E-state index in [9.17, 15) is 14.3 Å². The molecule has 0 spiro atoms. The fourth-order valence-electron chi connectivity index (χ4n) is 2.68. The fraction of sp³-hybridized carbons (Fsp3) is 0.235. The molecule has 1 unspecified atom stereocenters. The number of carbonyl (C=O) groups is 1. The summed E-state index contributed by atoms with van der Waals surface area (Å²) in [5, 5.41) is 0.0295. The summed E-state index contributed by atoms with van der Waals surface area (Å²) < 4.78 is 16.8. The third-order valence-corrected chi connectivity index (χ3v) is 5.10. The number of ketones is 1. The summed E-state index contributed by atoms with van der Waals surface area (Å²) in [6.07, 6.45) is 0. The van der Waals surface area contributed by atoms with Gasteiger partial charge in [-0.05, 0) is 38.0 Å². The zero-order chi connectivity index (χ0) is 16.5. The van der Waals surface area contributed by atoms with E-state index in [0.29, 0.717) is 5.56 Å². The standard InChI is InChI=1S/C17H19O4P/c1-11-9-12(2)16(13(3)10-11)17(18)14-7-5-6-8-15(14)22(19,20)21-4/h5-10H,1-4H3,(H,19,20). The smallest absolute Gasteiger partial charge is 0.321 e. The number of carbonyl (C=O) groups excluding carboxylic acids is 1. The maximum absolute atomic E-state index is 12.9. The van der Waals surface area contributed by atoms with Gasteiger partial charge >= 0.3 is 7.60 Å². The van der Waals surface area contributed by atoms with Crippen molar-refractivity contribution in [1.29, 1.82) is 0 Å². The van der Waals surface area contributed by atoms with E-state index in [1.54, 1.807) is 18.2 Å². The Morgan fingerprint density at radius 1 is 1.09 bits per heavy atom. The summed E-state index contributed by atoms with van der Waals surface area (Å²) in [6, 6.07) is 10.2. The Bertz CT molecular complexity index is 757. The zero-order valence-corrected chi connectivity index (χ0v) is 14.0. The van der Waals surface area contributed by atoms with Crippen molar-refractivity contribution in [2.75, 3.05) is 7.11 Å². The zero-order valence-electron chi connectivity index (χ0n) is 13.1. The molecule has 116 valence electrons. The van der Waals surface area contributed by atoms with Crippen LogP contribution >= 0.6 is 7.60 Å². The van der Waals surface area contributed by atoms with Crippen LogP contribution in [0, 0.1) is 20.8 Å². The summed E-state index contributed by atoms with van der Waals surface area (Å²) in [4.78, 5) is 22.8. The molecule has 22 heavy (non-hydrogen) atoms. The van der Waals surface area contributed by atoms with Crippen LogP contribution in [0.1, 0.15) is 32.6 Å². The predicted molar refractivity (Wildman–Crippen MR) is 87.0 cm³/mol. The van der Waals surface area contributed by atoms with Gasteiger partial charge in [0.05, 0.1) is 5.30 Å². The van der Waals surface area contributed by atoms with E-state index in [-0.39, 0.29) is 16.7 Å². The van der Waals surface area contributed by atoms with Crippen molar-refractivity contribution in [3.8, 4) is 0 Å². The van der Waals surface area contributed by atoms with Gasteiger partial charge in [0.25, 0.3) is 0 Å². The second-order valence-electron chi connectivity index (χ2n) is 5.32. The number of hydrogen-bond acceptors (Lipinski definition) is 3. The predicted octanol–water partition coefficient (Wildman–Crippen LogP) is 3.30. The highest BCUT2D eigenvalue weighted by Gasteiger charge is 2.28. The van der Waals surface area contributed by atoms with Gasteiger partial charge in [-0.3, -0.25) is 9.36 Å². The highest BCUT2D eigenvalue weighted by atomic mass is 31.2. The molecule has 0 aromatic heterocycles. The van der Waals surface area contributed by atoms with Gasteiger partial charge in [-0.1, -0.05) is 35.9 Å². The molecule has 2 aromatic carbocycles. The third-order valence-electron chi connectivity index (χ3n) is 3.60. The highest BCUT2D eigenvalue weighted by molar-refractivity contribution is 7.61. The first-order valence-corrected chi connectivity index (χ1v) is 8.46. The highest BCUT2D eigenvalue weighted by Crippen LogP contribution is 2.41. The summed E-state index contributed by atoms with van der Waals surface area (Å²) >= 11 is 0. The van der Waals surface area contributed by atoms with Gasteiger partial charge in [-0.25, -0.2) is 0 Å². The maximum Gasteiger partial charge on any atom is 0.359 e. The molecular weight excluding hydrogens is 299 g/mol. The average molecular weight is 318 g/mol. The molecule has 0 aliphatic rings. The molecule has 4 nitrogen and oxygen atoms in total. The number of aryl methyl sites for hydroxylation is 3. The molecule has 0 saturated carbocycles. The van der Waals surface area contributed by atoms with E-state index >= 15 is 0 Å². The molecule has 0 amide bonds. The Morgan fingerprint density at radius 2 is 1.64 bits per heavy atom. The van der Waals surface area contributed by atoms with Crippen LogP contribution in [0.4, 0.5) is 0 Å². The second kappa shape index (κ2) is 6.17. The van der Waals surface area contributed by atoms with Crippen molar-refractivity contribution in [2.45, 2.75) is 20.8 Å². The van der Waals surface area contributed by atoms with E-state index in [1.807, 2.05) is 32.9 Å². The normalized spacial score (nSPS) is 13.7. The fourth-order valence-corrected chi connectivity index (χ4v) is 3.63. The summed E-state index contributed by atoms with van der Waals surface area (Å²) in [5.74, 6) is -0.267. The van der Waals surface area contributed by atoms with Gasteiger partial charge in [-0.2, -0.15) is 0 Å². The van der Waals surface area contributed by atoms with Crippen LogP contribution in [0.2, 0.25) is 0 Å². The third kappa shape index (κ3) is 3.05. The van der Waals surface area contributed by atoms with Crippen molar-refractivity contribution >= 4 is 18.7 Å². The van der Waals surface area contributed by atoms with Crippen LogP contribution in [0.15, 0.2) is 36.4 Å². The molecule has 0 aliphatic carbocycles. The average Bonchev–Trinajstić information content (AvgIpc) is 2.46. The van der Waals surface area contributed by atoms with Gasteiger partial charge in [-0.15, -0.1) is 0 Å². The molecule has 0 radical (unpaired) electrons. The Morgan fingerprint density at radius 3 is 2.18 bits per heavy atom. The van der Waals surface area contributed by atoms with Gasteiger partial charge in [0.1, 0.15) is 0 Å². The minimum absolute atomic E-state index is 0.0295. The summed E-state index contributed by atoms with van der Waals surface area (Å²) in [6.45, 7) is 5.70.